The number of rotatable bonds is 4. The highest BCUT2D eigenvalue weighted by Crippen LogP contribution is 2.12. The lowest BCUT2D eigenvalue weighted by Crippen LogP contribution is -2.26. The van der Waals surface area contributed by atoms with E-state index in [9.17, 15) is 4.79 Å². The van der Waals surface area contributed by atoms with E-state index in [0.717, 1.165) is 28.7 Å². The molecule has 1 amide bonds. The van der Waals surface area contributed by atoms with Gasteiger partial charge in [-0.25, -0.2) is 0 Å². The summed E-state index contributed by atoms with van der Waals surface area (Å²) in [6.45, 7) is 4.62. The smallest absolute Gasteiger partial charge is 0.251 e. The van der Waals surface area contributed by atoms with Gasteiger partial charge in [0, 0.05) is 24.5 Å². The van der Waals surface area contributed by atoms with Crippen LogP contribution in [0.2, 0.25) is 0 Å². The zero-order chi connectivity index (χ0) is 13.7. The molecule has 0 radical (unpaired) electrons. The number of hydrogen-bond donors (Lipinski definition) is 1. The maximum absolute atomic E-state index is 12.1. The Kier molecular flexibility index (Phi) is 4.29. The van der Waals surface area contributed by atoms with E-state index in [1.165, 1.54) is 0 Å². The Balaban J connectivity index is 1.93. The van der Waals surface area contributed by atoms with Gasteiger partial charge in [0.2, 0.25) is 0 Å². The molecule has 1 aromatic carbocycles. The number of carbonyl (C=O) groups excluding carboxylic acids is 1. The summed E-state index contributed by atoms with van der Waals surface area (Å²) in [6, 6.07) is 9.71. The molecular weight excluding hydrogens is 236 g/mol. The molecule has 0 atom stereocenters. The third-order valence-electron chi connectivity index (χ3n) is 3.27. The molecule has 3 nitrogen and oxygen atoms in total. The first kappa shape index (κ1) is 13.3. The van der Waals surface area contributed by atoms with Crippen molar-refractivity contribution in [3.63, 3.8) is 0 Å². The van der Waals surface area contributed by atoms with E-state index in [1.54, 1.807) is 6.20 Å². The largest absolute Gasteiger partial charge is 0.352 e. The molecule has 0 bridgehead atoms. The molecule has 0 saturated carbocycles. The van der Waals surface area contributed by atoms with Gasteiger partial charge < -0.3 is 5.32 Å². The number of benzene rings is 1. The minimum atomic E-state index is -0.00918. The van der Waals surface area contributed by atoms with Crippen LogP contribution in [0.4, 0.5) is 0 Å². The van der Waals surface area contributed by atoms with Crippen molar-refractivity contribution in [3.05, 3.63) is 65.0 Å². The molecule has 2 aromatic rings. The number of amides is 1. The van der Waals surface area contributed by atoms with Crippen molar-refractivity contribution in [2.45, 2.75) is 20.3 Å². The molecule has 0 fully saturated rings. The van der Waals surface area contributed by atoms with Crippen molar-refractivity contribution >= 4 is 5.91 Å². The number of hydrogen-bond acceptors (Lipinski definition) is 2. The molecule has 3 heteroatoms. The molecule has 0 saturated heterocycles. The summed E-state index contributed by atoms with van der Waals surface area (Å²) in [6.07, 6.45) is 4.37. The topological polar surface area (TPSA) is 42.0 Å². The second-order valence-corrected chi connectivity index (χ2v) is 4.61. The van der Waals surface area contributed by atoms with Gasteiger partial charge in [0.1, 0.15) is 0 Å². The van der Waals surface area contributed by atoms with E-state index in [1.807, 2.05) is 50.4 Å². The summed E-state index contributed by atoms with van der Waals surface area (Å²) in [4.78, 5) is 16.1. The maximum atomic E-state index is 12.1. The Bertz CT molecular complexity index is 564. The van der Waals surface area contributed by atoms with Crippen LogP contribution in [0.15, 0.2) is 42.7 Å². The monoisotopic (exact) mass is 254 g/mol. The van der Waals surface area contributed by atoms with Gasteiger partial charge in [-0.05, 0) is 49.1 Å². The van der Waals surface area contributed by atoms with Crippen LogP contribution in [0.5, 0.6) is 0 Å². The SMILES string of the molecule is Cc1cccc(C(=O)NCCc2cccnc2)c1C. The minimum absolute atomic E-state index is 0.00918. The van der Waals surface area contributed by atoms with Crippen molar-refractivity contribution in [1.29, 1.82) is 0 Å². The maximum Gasteiger partial charge on any atom is 0.251 e. The molecule has 0 aliphatic carbocycles. The molecule has 0 unspecified atom stereocenters. The fourth-order valence-corrected chi connectivity index (χ4v) is 1.96. The molecule has 0 spiro atoms. The highest BCUT2D eigenvalue weighted by molar-refractivity contribution is 5.95. The van der Waals surface area contributed by atoms with Gasteiger partial charge in [0.05, 0.1) is 0 Å². The molecule has 1 heterocycles. The third kappa shape index (κ3) is 3.41. The van der Waals surface area contributed by atoms with Crippen molar-refractivity contribution in [3.8, 4) is 0 Å². The molecule has 1 N–H and O–H groups in total. The first-order valence-corrected chi connectivity index (χ1v) is 6.42. The summed E-state index contributed by atoms with van der Waals surface area (Å²) in [7, 11) is 0. The number of aromatic nitrogens is 1. The van der Waals surface area contributed by atoms with E-state index in [-0.39, 0.29) is 5.91 Å². The number of pyridine rings is 1. The Labute approximate surface area is 113 Å². The van der Waals surface area contributed by atoms with Crippen molar-refractivity contribution < 1.29 is 4.79 Å². The highest BCUT2D eigenvalue weighted by atomic mass is 16.1. The molecule has 0 aliphatic heterocycles. The fraction of sp³-hybridized carbons (Fsp3) is 0.250. The standard InChI is InChI=1S/C16H18N2O/c1-12-5-3-7-15(13(12)2)16(19)18-10-8-14-6-4-9-17-11-14/h3-7,9,11H,8,10H2,1-2H3,(H,18,19). The van der Waals surface area contributed by atoms with E-state index in [4.69, 9.17) is 0 Å². The second-order valence-electron chi connectivity index (χ2n) is 4.61. The zero-order valence-electron chi connectivity index (χ0n) is 11.3. The van der Waals surface area contributed by atoms with Gasteiger partial charge in [-0.15, -0.1) is 0 Å². The van der Waals surface area contributed by atoms with Crippen LogP contribution in [-0.4, -0.2) is 17.4 Å². The Hall–Kier alpha value is -2.16. The zero-order valence-corrected chi connectivity index (χ0v) is 11.3. The molecular formula is C16H18N2O. The first-order valence-electron chi connectivity index (χ1n) is 6.42. The van der Waals surface area contributed by atoms with Gasteiger partial charge in [0.25, 0.3) is 5.91 Å². The average molecular weight is 254 g/mol. The van der Waals surface area contributed by atoms with Crippen LogP contribution in [-0.2, 0) is 6.42 Å². The molecule has 98 valence electrons. The summed E-state index contributed by atoms with van der Waals surface area (Å²) in [5.41, 5.74) is 4.07. The Morgan fingerprint density at radius 1 is 1.21 bits per heavy atom. The summed E-state index contributed by atoms with van der Waals surface area (Å²) < 4.78 is 0. The van der Waals surface area contributed by atoms with E-state index < -0.39 is 0 Å². The van der Waals surface area contributed by atoms with Crippen LogP contribution in [0.1, 0.15) is 27.0 Å². The van der Waals surface area contributed by atoms with Crippen LogP contribution in [0.25, 0.3) is 0 Å². The average Bonchev–Trinajstić information content (AvgIpc) is 2.43. The van der Waals surface area contributed by atoms with Crippen LogP contribution in [0.3, 0.4) is 0 Å². The van der Waals surface area contributed by atoms with Gasteiger partial charge in [-0.3, -0.25) is 9.78 Å². The number of aryl methyl sites for hydroxylation is 1. The van der Waals surface area contributed by atoms with Crippen molar-refractivity contribution in [1.82, 2.24) is 10.3 Å². The minimum Gasteiger partial charge on any atom is -0.352 e. The third-order valence-corrected chi connectivity index (χ3v) is 3.27. The summed E-state index contributed by atoms with van der Waals surface area (Å²) >= 11 is 0. The molecule has 2 rings (SSSR count). The lowest BCUT2D eigenvalue weighted by molar-refractivity contribution is 0.0953. The number of nitrogens with zero attached hydrogens (tertiary/aromatic N) is 1. The Morgan fingerprint density at radius 2 is 2.05 bits per heavy atom. The summed E-state index contributed by atoms with van der Waals surface area (Å²) in [5.74, 6) is -0.00918. The quantitative estimate of drug-likeness (QED) is 0.911. The molecule has 0 aliphatic rings. The predicted octanol–water partition coefficient (Wildman–Crippen LogP) is 2.67. The van der Waals surface area contributed by atoms with Crippen molar-refractivity contribution in [2.24, 2.45) is 0 Å². The Morgan fingerprint density at radius 3 is 2.79 bits per heavy atom. The lowest BCUT2D eigenvalue weighted by atomic mass is 10.0. The van der Waals surface area contributed by atoms with Crippen LogP contribution < -0.4 is 5.32 Å². The fourth-order valence-electron chi connectivity index (χ4n) is 1.96. The molecule has 19 heavy (non-hydrogen) atoms. The first-order chi connectivity index (χ1) is 9.18. The van der Waals surface area contributed by atoms with Crippen LogP contribution >= 0.6 is 0 Å². The van der Waals surface area contributed by atoms with E-state index >= 15 is 0 Å². The van der Waals surface area contributed by atoms with Crippen LogP contribution in [0, 0.1) is 13.8 Å². The van der Waals surface area contributed by atoms with E-state index in [2.05, 4.69) is 10.3 Å². The molecule has 1 aromatic heterocycles. The second kappa shape index (κ2) is 6.14. The number of carbonyl (C=O) groups is 1. The normalized spacial score (nSPS) is 10.2. The summed E-state index contributed by atoms with van der Waals surface area (Å²) in [5, 5.41) is 2.95. The van der Waals surface area contributed by atoms with Gasteiger partial charge in [-0.2, -0.15) is 0 Å². The number of nitrogens with one attached hydrogen (secondary N) is 1. The van der Waals surface area contributed by atoms with Gasteiger partial charge >= 0.3 is 0 Å². The predicted molar refractivity (Wildman–Crippen MR) is 76.2 cm³/mol. The van der Waals surface area contributed by atoms with E-state index in [0.29, 0.717) is 6.54 Å². The van der Waals surface area contributed by atoms with Gasteiger partial charge in [0.15, 0.2) is 0 Å². The van der Waals surface area contributed by atoms with Gasteiger partial charge in [-0.1, -0.05) is 18.2 Å². The van der Waals surface area contributed by atoms with Crippen molar-refractivity contribution in [2.75, 3.05) is 6.54 Å². The lowest BCUT2D eigenvalue weighted by Gasteiger charge is -2.09. The highest BCUT2D eigenvalue weighted by Gasteiger charge is 2.09.